The molecule has 1 heterocycles. The minimum absolute atomic E-state index is 0.0516. The van der Waals surface area contributed by atoms with Crippen LogP contribution in [0.15, 0.2) is 53.3 Å². The molecule has 0 amide bonds. The molecule has 0 atom stereocenters. The standard InChI is InChI=1S/C18H17NO3/c1-12-15(11-13-7-3-6-10-17(13)22-2)18(20)14-8-4-5-9-16(14)19(12)21/h3-10,21H,11H2,1-2H3. The normalized spacial score (nSPS) is 10.8. The molecule has 0 unspecified atom stereocenters. The molecule has 0 saturated heterocycles. The molecule has 1 N–H and O–H groups in total. The van der Waals surface area contributed by atoms with Gasteiger partial charge in [0.1, 0.15) is 5.75 Å². The lowest BCUT2D eigenvalue weighted by Gasteiger charge is -2.14. The molecular weight excluding hydrogens is 278 g/mol. The minimum Gasteiger partial charge on any atom is -0.496 e. The van der Waals surface area contributed by atoms with Crippen LogP contribution in [0.1, 0.15) is 16.8 Å². The van der Waals surface area contributed by atoms with Crippen LogP contribution < -0.4 is 10.2 Å². The molecule has 3 aromatic rings. The third-order valence-corrected chi connectivity index (χ3v) is 3.97. The summed E-state index contributed by atoms with van der Waals surface area (Å²) in [6.07, 6.45) is 0.417. The molecule has 4 heteroatoms. The number of para-hydroxylation sites is 2. The van der Waals surface area contributed by atoms with Crippen molar-refractivity contribution in [2.45, 2.75) is 13.3 Å². The van der Waals surface area contributed by atoms with Gasteiger partial charge in [0.25, 0.3) is 0 Å². The highest BCUT2D eigenvalue weighted by molar-refractivity contribution is 5.79. The van der Waals surface area contributed by atoms with Crippen LogP contribution in [0, 0.1) is 6.92 Å². The Hall–Kier alpha value is -2.75. The number of benzene rings is 2. The maximum Gasteiger partial charge on any atom is 0.193 e. The predicted molar refractivity (Wildman–Crippen MR) is 85.9 cm³/mol. The Kier molecular flexibility index (Phi) is 3.59. The van der Waals surface area contributed by atoms with Crippen LogP contribution in [0.25, 0.3) is 10.9 Å². The summed E-state index contributed by atoms with van der Waals surface area (Å²) >= 11 is 0. The zero-order chi connectivity index (χ0) is 15.7. The average Bonchev–Trinajstić information content (AvgIpc) is 2.57. The van der Waals surface area contributed by atoms with Crippen molar-refractivity contribution in [2.24, 2.45) is 0 Å². The Morgan fingerprint density at radius 2 is 1.77 bits per heavy atom. The van der Waals surface area contributed by atoms with Crippen molar-refractivity contribution in [3.8, 4) is 5.75 Å². The summed E-state index contributed by atoms with van der Waals surface area (Å²) in [5.74, 6) is 0.735. The Bertz CT molecular complexity index is 896. The smallest absolute Gasteiger partial charge is 0.193 e. The molecule has 0 bridgehead atoms. The molecule has 3 rings (SSSR count). The highest BCUT2D eigenvalue weighted by atomic mass is 16.5. The third kappa shape index (κ3) is 2.22. The van der Waals surface area contributed by atoms with Crippen LogP contribution in [-0.2, 0) is 6.42 Å². The van der Waals surface area contributed by atoms with Gasteiger partial charge in [-0.2, -0.15) is 4.73 Å². The van der Waals surface area contributed by atoms with Gasteiger partial charge in [-0.25, -0.2) is 0 Å². The Labute approximate surface area is 128 Å². The number of rotatable bonds is 3. The summed E-state index contributed by atoms with van der Waals surface area (Å²) in [5, 5.41) is 10.8. The van der Waals surface area contributed by atoms with Crippen molar-refractivity contribution in [1.29, 1.82) is 0 Å². The fraction of sp³-hybridized carbons (Fsp3) is 0.167. The van der Waals surface area contributed by atoms with Gasteiger partial charge >= 0.3 is 0 Å². The van der Waals surface area contributed by atoms with Crippen LogP contribution in [0.5, 0.6) is 5.75 Å². The molecule has 0 aliphatic carbocycles. The van der Waals surface area contributed by atoms with Crippen molar-refractivity contribution in [2.75, 3.05) is 7.11 Å². The maximum atomic E-state index is 12.7. The monoisotopic (exact) mass is 295 g/mol. The van der Waals surface area contributed by atoms with Gasteiger partial charge in [0, 0.05) is 17.4 Å². The first-order valence-corrected chi connectivity index (χ1v) is 7.08. The van der Waals surface area contributed by atoms with E-state index in [-0.39, 0.29) is 5.43 Å². The summed E-state index contributed by atoms with van der Waals surface area (Å²) < 4.78 is 6.43. The van der Waals surface area contributed by atoms with E-state index >= 15 is 0 Å². The van der Waals surface area contributed by atoms with Crippen molar-refractivity contribution in [3.05, 3.63) is 75.6 Å². The molecule has 1 aromatic heterocycles. The topological polar surface area (TPSA) is 51.5 Å². The van der Waals surface area contributed by atoms with E-state index in [4.69, 9.17) is 4.74 Å². The van der Waals surface area contributed by atoms with Crippen LogP contribution in [0.2, 0.25) is 0 Å². The van der Waals surface area contributed by atoms with Gasteiger partial charge in [0.05, 0.1) is 18.3 Å². The highest BCUT2D eigenvalue weighted by Gasteiger charge is 2.15. The lowest BCUT2D eigenvalue weighted by molar-refractivity contribution is 0.190. The third-order valence-electron chi connectivity index (χ3n) is 3.97. The Morgan fingerprint density at radius 3 is 2.55 bits per heavy atom. The van der Waals surface area contributed by atoms with E-state index in [1.165, 1.54) is 0 Å². The number of hydrogen-bond donors (Lipinski definition) is 1. The van der Waals surface area contributed by atoms with Crippen LogP contribution in [0.4, 0.5) is 0 Å². The lowest BCUT2D eigenvalue weighted by Crippen LogP contribution is -2.18. The second-order valence-corrected chi connectivity index (χ2v) is 5.21. The van der Waals surface area contributed by atoms with Crippen molar-refractivity contribution in [3.63, 3.8) is 0 Å². The first kappa shape index (κ1) is 14.2. The molecule has 0 saturated carbocycles. The molecule has 22 heavy (non-hydrogen) atoms. The molecule has 0 spiro atoms. The minimum atomic E-state index is -0.0516. The number of fused-ring (bicyclic) bond motifs is 1. The predicted octanol–water partition coefficient (Wildman–Crippen LogP) is 3.15. The number of nitrogens with zero attached hydrogens (tertiary/aromatic N) is 1. The number of pyridine rings is 1. The van der Waals surface area contributed by atoms with Gasteiger partial charge in [0.15, 0.2) is 5.43 Å². The lowest BCUT2D eigenvalue weighted by atomic mass is 10.0. The van der Waals surface area contributed by atoms with E-state index in [9.17, 15) is 10.0 Å². The second-order valence-electron chi connectivity index (χ2n) is 5.21. The van der Waals surface area contributed by atoms with E-state index in [1.807, 2.05) is 24.3 Å². The Morgan fingerprint density at radius 1 is 1.09 bits per heavy atom. The van der Waals surface area contributed by atoms with E-state index in [2.05, 4.69) is 0 Å². The fourth-order valence-electron chi connectivity index (χ4n) is 2.73. The van der Waals surface area contributed by atoms with E-state index in [0.29, 0.717) is 28.6 Å². The van der Waals surface area contributed by atoms with Gasteiger partial charge in [-0.15, -0.1) is 0 Å². The van der Waals surface area contributed by atoms with Gasteiger partial charge in [0.2, 0.25) is 0 Å². The summed E-state index contributed by atoms with van der Waals surface area (Å²) in [4.78, 5) is 12.7. The maximum absolute atomic E-state index is 12.7. The van der Waals surface area contributed by atoms with Gasteiger partial charge in [-0.05, 0) is 30.7 Å². The van der Waals surface area contributed by atoms with Crippen LogP contribution in [0.3, 0.4) is 0 Å². The zero-order valence-corrected chi connectivity index (χ0v) is 12.5. The number of aromatic nitrogens is 1. The highest BCUT2D eigenvalue weighted by Crippen LogP contribution is 2.22. The van der Waals surface area contributed by atoms with Crippen LogP contribution in [-0.4, -0.2) is 17.0 Å². The molecule has 112 valence electrons. The van der Waals surface area contributed by atoms with Crippen LogP contribution >= 0.6 is 0 Å². The van der Waals surface area contributed by atoms with E-state index in [0.717, 1.165) is 16.0 Å². The summed E-state index contributed by atoms with van der Waals surface area (Å²) in [7, 11) is 1.61. The molecule has 2 aromatic carbocycles. The van der Waals surface area contributed by atoms with E-state index in [1.54, 1.807) is 38.3 Å². The van der Waals surface area contributed by atoms with Gasteiger partial charge in [-0.1, -0.05) is 30.3 Å². The molecule has 0 radical (unpaired) electrons. The average molecular weight is 295 g/mol. The van der Waals surface area contributed by atoms with Gasteiger partial charge < -0.3 is 9.94 Å². The van der Waals surface area contributed by atoms with E-state index < -0.39 is 0 Å². The largest absolute Gasteiger partial charge is 0.496 e. The second kappa shape index (κ2) is 5.56. The first-order valence-electron chi connectivity index (χ1n) is 7.08. The molecular formula is C18H17NO3. The summed E-state index contributed by atoms with van der Waals surface area (Å²) in [6, 6.07) is 14.6. The molecule has 0 aliphatic rings. The molecule has 0 fully saturated rings. The van der Waals surface area contributed by atoms with Gasteiger partial charge in [-0.3, -0.25) is 4.79 Å². The van der Waals surface area contributed by atoms with Crippen molar-refractivity contribution < 1.29 is 9.94 Å². The number of hydrogen-bond acceptors (Lipinski definition) is 3. The molecule has 4 nitrogen and oxygen atoms in total. The number of ether oxygens (including phenoxy) is 1. The first-order chi connectivity index (χ1) is 10.6. The van der Waals surface area contributed by atoms with Crippen molar-refractivity contribution in [1.82, 2.24) is 4.73 Å². The zero-order valence-electron chi connectivity index (χ0n) is 12.5. The quantitative estimate of drug-likeness (QED) is 0.755. The van der Waals surface area contributed by atoms with Crippen molar-refractivity contribution >= 4 is 10.9 Å². The summed E-state index contributed by atoms with van der Waals surface area (Å²) in [6.45, 7) is 1.75. The number of methoxy groups -OCH3 is 1. The molecule has 0 aliphatic heterocycles. The fourth-order valence-corrected chi connectivity index (χ4v) is 2.73. The summed E-state index contributed by atoms with van der Waals surface area (Å²) in [5.41, 5.74) is 2.51. The SMILES string of the molecule is COc1ccccc1Cc1c(C)n(O)c2ccccc2c1=O. The Balaban J connectivity index is 2.21.